The van der Waals surface area contributed by atoms with Crippen LogP contribution < -0.4 is 5.32 Å². The maximum atomic E-state index is 11.8. The first-order valence-electron chi connectivity index (χ1n) is 6.22. The molecule has 0 atom stereocenters. The third kappa shape index (κ3) is 3.84. The fourth-order valence-corrected chi connectivity index (χ4v) is 2.74. The zero-order valence-electron chi connectivity index (χ0n) is 9.92. The second-order valence-electron chi connectivity index (χ2n) is 4.73. The van der Waals surface area contributed by atoms with Gasteiger partial charge in [-0.05, 0) is 36.5 Å². The van der Waals surface area contributed by atoms with E-state index in [0.29, 0.717) is 12.3 Å². The number of carbonyl (C=O) groups is 1. The summed E-state index contributed by atoms with van der Waals surface area (Å²) >= 11 is 3.40. The lowest BCUT2D eigenvalue weighted by molar-refractivity contribution is -0.117. The van der Waals surface area contributed by atoms with Gasteiger partial charge in [-0.25, -0.2) is 0 Å². The summed E-state index contributed by atoms with van der Waals surface area (Å²) in [7, 11) is 0. The second-order valence-corrected chi connectivity index (χ2v) is 5.29. The van der Waals surface area contributed by atoms with Gasteiger partial charge in [0.15, 0.2) is 0 Å². The molecule has 1 N–H and O–H groups in total. The van der Waals surface area contributed by atoms with Gasteiger partial charge in [-0.3, -0.25) is 4.79 Å². The molecule has 3 heteroatoms. The molecule has 2 rings (SSSR count). The van der Waals surface area contributed by atoms with Crippen LogP contribution in [0.5, 0.6) is 0 Å². The van der Waals surface area contributed by atoms with E-state index < -0.39 is 0 Å². The van der Waals surface area contributed by atoms with Gasteiger partial charge < -0.3 is 5.32 Å². The summed E-state index contributed by atoms with van der Waals surface area (Å²) in [4.78, 5) is 11.8. The van der Waals surface area contributed by atoms with Crippen LogP contribution in [0.1, 0.15) is 37.7 Å². The number of halogens is 1. The first-order chi connectivity index (χ1) is 8.28. The highest BCUT2D eigenvalue weighted by Gasteiger charge is 2.18. The van der Waals surface area contributed by atoms with Gasteiger partial charge in [0, 0.05) is 17.4 Å². The van der Waals surface area contributed by atoms with Gasteiger partial charge in [0.1, 0.15) is 0 Å². The van der Waals surface area contributed by atoms with Gasteiger partial charge in [0.2, 0.25) is 5.91 Å². The number of anilines is 1. The van der Waals surface area contributed by atoms with Crippen molar-refractivity contribution in [2.75, 3.05) is 5.32 Å². The predicted molar refractivity (Wildman–Crippen MR) is 74.3 cm³/mol. The lowest BCUT2D eigenvalue weighted by Gasteiger charge is -2.09. The van der Waals surface area contributed by atoms with Crippen LogP contribution in [0.4, 0.5) is 5.69 Å². The number of rotatable bonds is 4. The Morgan fingerprint density at radius 2 is 1.88 bits per heavy atom. The number of benzene rings is 1. The number of hydrogen-bond donors (Lipinski definition) is 1. The predicted octanol–water partition coefficient (Wildman–Crippen LogP) is 4.10. The Hall–Kier alpha value is -0.830. The summed E-state index contributed by atoms with van der Waals surface area (Å²) in [6.07, 6.45) is 5.70. The van der Waals surface area contributed by atoms with E-state index in [9.17, 15) is 4.79 Å². The van der Waals surface area contributed by atoms with Crippen molar-refractivity contribution >= 4 is 27.5 Å². The summed E-state index contributed by atoms with van der Waals surface area (Å²) < 4.78 is 0. The average Bonchev–Trinajstić information content (AvgIpc) is 2.82. The van der Waals surface area contributed by atoms with Crippen molar-refractivity contribution in [3.63, 3.8) is 0 Å². The summed E-state index contributed by atoms with van der Waals surface area (Å²) in [6, 6.07) is 7.98. The molecule has 1 aromatic rings. The minimum absolute atomic E-state index is 0.156. The van der Waals surface area contributed by atoms with Crippen molar-refractivity contribution in [1.29, 1.82) is 0 Å². The molecular weight excluding hydrogens is 278 g/mol. The van der Waals surface area contributed by atoms with E-state index in [2.05, 4.69) is 21.2 Å². The molecule has 92 valence electrons. The number of carbonyl (C=O) groups excluding carboxylic acids is 1. The Morgan fingerprint density at radius 3 is 2.47 bits per heavy atom. The number of alkyl halides is 1. The van der Waals surface area contributed by atoms with Crippen LogP contribution >= 0.6 is 15.9 Å². The van der Waals surface area contributed by atoms with Crippen molar-refractivity contribution in [1.82, 2.24) is 0 Å². The maximum Gasteiger partial charge on any atom is 0.224 e. The van der Waals surface area contributed by atoms with Crippen LogP contribution in [0.3, 0.4) is 0 Å². The van der Waals surface area contributed by atoms with Crippen LogP contribution in [-0.4, -0.2) is 5.91 Å². The molecule has 17 heavy (non-hydrogen) atoms. The molecule has 2 nitrogen and oxygen atoms in total. The molecule has 1 aromatic carbocycles. The lowest BCUT2D eigenvalue weighted by atomic mass is 10.0. The highest BCUT2D eigenvalue weighted by Crippen LogP contribution is 2.27. The largest absolute Gasteiger partial charge is 0.326 e. The molecule has 0 spiro atoms. The summed E-state index contributed by atoms with van der Waals surface area (Å²) in [5.74, 6) is 0.764. The van der Waals surface area contributed by atoms with Crippen molar-refractivity contribution < 1.29 is 4.79 Å². The van der Waals surface area contributed by atoms with Gasteiger partial charge in [-0.2, -0.15) is 0 Å². The van der Waals surface area contributed by atoms with Crippen molar-refractivity contribution in [3.8, 4) is 0 Å². The van der Waals surface area contributed by atoms with Crippen LogP contribution in [0.25, 0.3) is 0 Å². The SMILES string of the molecule is O=C(CC1CCCC1)Nc1ccc(CBr)cc1. The molecule has 1 fully saturated rings. The topological polar surface area (TPSA) is 29.1 Å². The van der Waals surface area contributed by atoms with Crippen LogP contribution in [0, 0.1) is 5.92 Å². The van der Waals surface area contributed by atoms with Gasteiger partial charge >= 0.3 is 0 Å². The summed E-state index contributed by atoms with van der Waals surface area (Å²) in [5, 5.41) is 3.82. The fraction of sp³-hybridized carbons (Fsp3) is 0.500. The molecule has 0 saturated heterocycles. The molecular formula is C14H18BrNO. The van der Waals surface area contributed by atoms with E-state index in [1.807, 2.05) is 24.3 Å². The second kappa shape index (κ2) is 6.20. The van der Waals surface area contributed by atoms with E-state index in [0.717, 1.165) is 11.0 Å². The minimum Gasteiger partial charge on any atom is -0.326 e. The fourth-order valence-electron chi connectivity index (χ4n) is 2.37. The van der Waals surface area contributed by atoms with Crippen LogP contribution in [0.15, 0.2) is 24.3 Å². The van der Waals surface area contributed by atoms with Crippen molar-refractivity contribution in [3.05, 3.63) is 29.8 Å². The quantitative estimate of drug-likeness (QED) is 0.833. The standard InChI is InChI=1S/C14H18BrNO/c15-10-12-5-7-13(8-6-12)16-14(17)9-11-3-1-2-4-11/h5-8,11H,1-4,9-10H2,(H,16,17). The molecule has 1 amide bonds. The highest BCUT2D eigenvalue weighted by molar-refractivity contribution is 9.08. The zero-order chi connectivity index (χ0) is 12.1. The Labute approximate surface area is 111 Å². The van der Waals surface area contributed by atoms with E-state index in [1.54, 1.807) is 0 Å². The molecule has 1 aliphatic rings. The first-order valence-corrected chi connectivity index (χ1v) is 7.35. The number of nitrogens with one attached hydrogen (secondary N) is 1. The molecule has 0 aromatic heterocycles. The summed E-state index contributed by atoms with van der Waals surface area (Å²) in [5.41, 5.74) is 2.12. The van der Waals surface area contributed by atoms with Gasteiger partial charge in [0.25, 0.3) is 0 Å². The smallest absolute Gasteiger partial charge is 0.224 e. The monoisotopic (exact) mass is 295 g/mol. The third-order valence-electron chi connectivity index (χ3n) is 3.34. The molecule has 0 aliphatic heterocycles. The maximum absolute atomic E-state index is 11.8. The van der Waals surface area contributed by atoms with Crippen LogP contribution in [0.2, 0.25) is 0 Å². The molecule has 1 saturated carbocycles. The van der Waals surface area contributed by atoms with E-state index in [1.165, 1.54) is 31.2 Å². The molecule has 0 unspecified atom stereocenters. The van der Waals surface area contributed by atoms with Crippen molar-refractivity contribution in [2.24, 2.45) is 5.92 Å². The minimum atomic E-state index is 0.156. The van der Waals surface area contributed by atoms with Gasteiger partial charge in [-0.1, -0.05) is 40.9 Å². The van der Waals surface area contributed by atoms with Crippen LogP contribution in [-0.2, 0) is 10.1 Å². The third-order valence-corrected chi connectivity index (χ3v) is 3.99. The molecule has 1 aliphatic carbocycles. The van der Waals surface area contributed by atoms with Gasteiger partial charge in [-0.15, -0.1) is 0 Å². The Balaban J connectivity index is 1.84. The van der Waals surface area contributed by atoms with E-state index in [-0.39, 0.29) is 5.91 Å². The Morgan fingerprint density at radius 1 is 1.24 bits per heavy atom. The summed E-state index contributed by atoms with van der Waals surface area (Å²) in [6.45, 7) is 0. The normalized spacial score (nSPS) is 16.1. The molecule has 0 heterocycles. The van der Waals surface area contributed by atoms with E-state index in [4.69, 9.17) is 0 Å². The Kier molecular flexibility index (Phi) is 4.60. The average molecular weight is 296 g/mol. The lowest BCUT2D eigenvalue weighted by Crippen LogP contribution is -2.15. The molecule has 0 radical (unpaired) electrons. The highest BCUT2D eigenvalue weighted by atomic mass is 79.9. The van der Waals surface area contributed by atoms with Gasteiger partial charge in [0.05, 0.1) is 0 Å². The first kappa shape index (κ1) is 12.6. The van der Waals surface area contributed by atoms with Crippen molar-refractivity contribution in [2.45, 2.75) is 37.4 Å². The molecule has 0 bridgehead atoms. The van der Waals surface area contributed by atoms with E-state index >= 15 is 0 Å². The number of hydrogen-bond acceptors (Lipinski definition) is 1. The number of amides is 1. The Bertz CT molecular complexity index is 368. The zero-order valence-corrected chi connectivity index (χ0v) is 11.5.